The van der Waals surface area contributed by atoms with Crippen molar-refractivity contribution in [3.8, 4) is 0 Å². The van der Waals surface area contributed by atoms with Crippen molar-refractivity contribution in [3.05, 3.63) is 46.4 Å². The summed E-state index contributed by atoms with van der Waals surface area (Å²) in [5.74, 6) is -0.235. The van der Waals surface area contributed by atoms with Crippen molar-refractivity contribution in [2.75, 3.05) is 5.32 Å². The molecule has 1 amide bonds. The number of benzene rings is 1. The number of nitrogens with zero attached hydrogens (tertiary/aromatic N) is 1. The summed E-state index contributed by atoms with van der Waals surface area (Å²) in [4.78, 5) is 22.4. The SMILES string of the molecule is Cc1ccccc1NC(=O)C[n+]1cc(=O)o[nH]1. The lowest BCUT2D eigenvalue weighted by atomic mass is 10.2. The highest BCUT2D eigenvalue weighted by Gasteiger charge is 2.13. The molecule has 2 N–H and O–H groups in total. The maximum absolute atomic E-state index is 11.6. The Hall–Kier alpha value is -2.37. The zero-order valence-corrected chi connectivity index (χ0v) is 9.27. The van der Waals surface area contributed by atoms with Gasteiger partial charge in [-0.05, 0) is 23.8 Å². The second-order valence-electron chi connectivity index (χ2n) is 3.63. The number of hydrogen-bond acceptors (Lipinski definition) is 3. The molecule has 88 valence electrons. The number of aryl methyl sites for hydroxylation is 1. The summed E-state index contributed by atoms with van der Waals surface area (Å²) < 4.78 is 5.72. The van der Waals surface area contributed by atoms with Crippen LogP contribution in [0.25, 0.3) is 0 Å². The van der Waals surface area contributed by atoms with Gasteiger partial charge in [0.1, 0.15) is 0 Å². The highest BCUT2D eigenvalue weighted by atomic mass is 16.5. The van der Waals surface area contributed by atoms with Gasteiger partial charge >= 0.3 is 5.63 Å². The fraction of sp³-hybridized carbons (Fsp3) is 0.182. The lowest BCUT2D eigenvalue weighted by molar-refractivity contribution is -0.750. The van der Waals surface area contributed by atoms with Gasteiger partial charge in [-0.25, -0.2) is 4.79 Å². The molecule has 6 heteroatoms. The molecule has 0 bridgehead atoms. The molecule has 0 saturated heterocycles. The predicted molar refractivity (Wildman–Crippen MR) is 59.3 cm³/mol. The van der Waals surface area contributed by atoms with E-state index in [1.54, 1.807) is 0 Å². The third-order valence-corrected chi connectivity index (χ3v) is 2.26. The Morgan fingerprint density at radius 3 is 2.88 bits per heavy atom. The Bertz CT molecular complexity index is 585. The molecule has 1 aromatic heterocycles. The molecular weight excluding hydrogens is 222 g/mol. The average Bonchev–Trinajstić information content (AvgIpc) is 2.67. The van der Waals surface area contributed by atoms with Crippen molar-refractivity contribution < 1.29 is 14.0 Å². The van der Waals surface area contributed by atoms with E-state index in [4.69, 9.17) is 0 Å². The van der Waals surface area contributed by atoms with Crippen molar-refractivity contribution in [2.24, 2.45) is 0 Å². The molecular formula is C11H12N3O3+. The van der Waals surface area contributed by atoms with Crippen LogP contribution in [0.1, 0.15) is 5.56 Å². The average molecular weight is 234 g/mol. The van der Waals surface area contributed by atoms with E-state index >= 15 is 0 Å². The molecule has 0 saturated carbocycles. The quantitative estimate of drug-likeness (QED) is 0.745. The third-order valence-electron chi connectivity index (χ3n) is 2.26. The zero-order chi connectivity index (χ0) is 12.3. The minimum atomic E-state index is -0.520. The van der Waals surface area contributed by atoms with Crippen LogP contribution >= 0.6 is 0 Å². The van der Waals surface area contributed by atoms with Gasteiger partial charge in [0.15, 0.2) is 0 Å². The molecule has 0 aliphatic rings. The monoisotopic (exact) mass is 234 g/mol. The van der Waals surface area contributed by atoms with Crippen molar-refractivity contribution >= 4 is 11.6 Å². The summed E-state index contributed by atoms with van der Waals surface area (Å²) in [5, 5.41) is 5.05. The van der Waals surface area contributed by atoms with Gasteiger partial charge in [0.05, 0.1) is 0 Å². The number of rotatable bonds is 3. The van der Waals surface area contributed by atoms with Crippen LogP contribution in [0.4, 0.5) is 5.69 Å². The van der Waals surface area contributed by atoms with Crippen LogP contribution in [0.5, 0.6) is 0 Å². The Balaban J connectivity index is 2.03. The first-order valence-electron chi connectivity index (χ1n) is 5.08. The largest absolute Gasteiger partial charge is 0.426 e. The van der Waals surface area contributed by atoms with Crippen molar-refractivity contribution in [1.29, 1.82) is 0 Å². The van der Waals surface area contributed by atoms with Crippen LogP contribution in [-0.2, 0) is 11.3 Å². The van der Waals surface area contributed by atoms with Crippen molar-refractivity contribution in [3.63, 3.8) is 0 Å². The van der Waals surface area contributed by atoms with Crippen LogP contribution in [0, 0.1) is 6.92 Å². The van der Waals surface area contributed by atoms with E-state index in [0.717, 1.165) is 11.3 Å². The van der Waals surface area contributed by atoms with E-state index in [1.807, 2.05) is 31.2 Å². The molecule has 0 aliphatic carbocycles. The van der Waals surface area contributed by atoms with Gasteiger partial charge < -0.3 is 5.32 Å². The second kappa shape index (κ2) is 4.65. The van der Waals surface area contributed by atoms with E-state index < -0.39 is 5.63 Å². The fourth-order valence-electron chi connectivity index (χ4n) is 1.42. The van der Waals surface area contributed by atoms with Gasteiger partial charge in [0.2, 0.25) is 0 Å². The minimum absolute atomic E-state index is 0.0000737. The van der Waals surface area contributed by atoms with Crippen LogP contribution in [0.3, 0.4) is 0 Å². The van der Waals surface area contributed by atoms with Gasteiger partial charge in [-0.3, -0.25) is 9.32 Å². The molecule has 17 heavy (non-hydrogen) atoms. The van der Waals surface area contributed by atoms with Crippen LogP contribution in [0.2, 0.25) is 0 Å². The predicted octanol–water partition coefficient (Wildman–Crippen LogP) is 0.203. The first kappa shape index (κ1) is 11.1. The topological polar surface area (TPSA) is 79.0 Å². The Morgan fingerprint density at radius 2 is 2.24 bits per heavy atom. The molecule has 0 atom stereocenters. The first-order chi connectivity index (χ1) is 8.15. The highest BCUT2D eigenvalue weighted by Crippen LogP contribution is 2.12. The van der Waals surface area contributed by atoms with Crippen LogP contribution in [0.15, 0.2) is 39.8 Å². The lowest BCUT2D eigenvalue weighted by Gasteiger charge is -2.04. The number of aromatic amines is 1. The highest BCUT2D eigenvalue weighted by molar-refractivity contribution is 5.90. The Morgan fingerprint density at radius 1 is 1.47 bits per heavy atom. The molecule has 2 rings (SSSR count). The summed E-state index contributed by atoms with van der Waals surface area (Å²) >= 11 is 0. The maximum atomic E-state index is 11.6. The number of anilines is 1. The summed E-state index contributed by atoms with van der Waals surface area (Å²) in [6.45, 7) is 1.91. The number of carbonyl (C=O) groups excluding carboxylic acids is 1. The summed E-state index contributed by atoms with van der Waals surface area (Å²) in [6, 6.07) is 7.46. The minimum Gasteiger partial charge on any atom is -0.320 e. The van der Waals surface area contributed by atoms with Gasteiger partial charge in [-0.15, -0.1) is 0 Å². The number of amides is 1. The lowest BCUT2D eigenvalue weighted by Crippen LogP contribution is -2.41. The number of para-hydroxylation sites is 1. The molecule has 0 radical (unpaired) electrons. The molecule has 0 aliphatic heterocycles. The van der Waals surface area contributed by atoms with E-state index in [0.29, 0.717) is 0 Å². The number of hydrogen-bond donors (Lipinski definition) is 2. The molecule has 2 aromatic rings. The second-order valence-corrected chi connectivity index (χ2v) is 3.63. The van der Waals surface area contributed by atoms with Gasteiger partial charge in [-0.2, -0.15) is 0 Å². The van der Waals surface area contributed by atoms with Gasteiger partial charge in [-0.1, -0.05) is 22.9 Å². The molecule has 6 nitrogen and oxygen atoms in total. The number of H-pyrrole nitrogens is 1. The molecule has 0 unspecified atom stereocenters. The zero-order valence-electron chi connectivity index (χ0n) is 9.27. The van der Waals surface area contributed by atoms with Crippen molar-refractivity contribution in [1.82, 2.24) is 5.27 Å². The molecule has 1 heterocycles. The summed E-state index contributed by atoms with van der Waals surface area (Å²) in [5.41, 5.74) is 1.21. The van der Waals surface area contributed by atoms with E-state index in [1.165, 1.54) is 10.9 Å². The molecule has 0 spiro atoms. The van der Waals surface area contributed by atoms with Gasteiger partial charge in [0, 0.05) is 5.69 Å². The van der Waals surface area contributed by atoms with Gasteiger partial charge in [0.25, 0.3) is 18.6 Å². The van der Waals surface area contributed by atoms with E-state index in [2.05, 4.69) is 15.1 Å². The fourth-order valence-corrected chi connectivity index (χ4v) is 1.42. The Labute approximate surface area is 96.8 Å². The Kier molecular flexibility index (Phi) is 3.04. The molecule has 0 fully saturated rings. The number of nitrogens with one attached hydrogen (secondary N) is 2. The number of carbonyl (C=O) groups is 1. The third kappa shape index (κ3) is 2.81. The maximum Gasteiger partial charge on any atom is 0.426 e. The smallest absolute Gasteiger partial charge is 0.320 e. The summed E-state index contributed by atoms with van der Waals surface area (Å²) in [7, 11) is 0. The van der Waals surface area contributed by atoms with E-state index in [9.17, 15) is 9.59 Å². The summed E-state index contributed by atoms with van der Waals surface area (Å²) in [6.07, 6.45) is 1.18. The van der Waals surface area contributed by atoms with Crippen molar-refractivity contribution in [2.45, 2.75) is 13.5 Å². The van der Waals surface area contributed by atoms with Crippen LogP contribution < -0.4 is 15.6 Å². The normalized spacial score (nSPS) is 10.2. The van der Waals surface area contributed by atoms with Crippen LogP contribution in [-0.4, -0.2) is 11.2 Å². The number of aromatic nitrogens is 2. The standard InChI is InChI=1S/C11H11N3O3/c1-8-4-2-3-5-9(8)12-10(15)6-14-7-11(16)17-13-14/h2-5,7H,6H2,1H3,(H-,12,13,15,16)/p+1. The first-order valence-corrected chi connectivity index (χ1v) is 5.08. The van der Waals surface area contributed by atoms with E-state index in [-0.39, 0.29) is 12.5 Å². The molecule has 1 aromatic carbocycles.